The molecule has 2 aromatic heterocycles. The molecule has 7 heteroatoms. The van der Waals surface area contributed by atoms with Gasteiger partial charge in [0, 0.05) is 17.2 Å². The van der Waals surface area contributed by atoms with Crippen LogP contribution in [0, 0.1) is 0 Å². The fraction of sp³-hybridized carbons (Fsp3) is 0.217. The van der Waals surface area contributed by atoms with Crippen molar-refractivity contribution in [2.24, 2.45) is 0 Å². The smallest absolute Gasteiger partial charge is 0.275 e. The Balaban J connectivity index is 1.63. The van der Waals surface area contributed by atoms with Crippen LogP contribution in [0.15, 0.2) is 64.8 Å². The normalized spacial score (nSPS) is 11.2. The third kappa shape index (κ3) is 4.31. The Morgan fingerprint density at radius 3 is 2.47 bits per heavy atom. The number of rotatable bonds is 6. The lowest BCUT2D eigenvalue weighted by Crippen LogP contribution is -2.30. The SMILES string of the molecule is CC(C)c1csc(NC(=O)Cn2nc(Cc3ccccc3)c3ccccc3c2=O)n1. The number of benzene rings is 2. The van der Waals surface area contributed by atoms with E-state index in [1.165, 1.54) is 16.0 Å². The average Bonchev–Trinajstić information content (AvgIpc) is 3.21. The summed E-state index contributed by atoms with van der Waals surface area (Å²) in [5, 5.41) is 11.1. The molecule has 0 saturated heterocycles. The van der Waals surface area contributed by atoms with E-state index in [0.717, 1.165) is 22.3 Å². The van der Waals surface area contributed by atoms with E-state index in [-0.39, 0.29) is 23.9 Å². The van der Waals surface area contributed by atoms with Gasteiger partial charge in [0.15, 0.2) is 5.13 Å². The van der Waals surface area contributed by atoms with Crippen LogP contribution in [0.4, 0.5) is 5.13 Å². The number of aromatic nitrogens is 3. The fourth-order valence-electron chi connectivity index (χ4n) is 3.24. The van der Waals surface area contributed by atoms with Gasteiger partial charge < -0.3 is 5.32 Å². The van der Waals surface area contributed by atoms with Gasteiger partial charge in [-0.2, -0.15) is 5.10 Å². The minimum atomic E-state index is -0.324. The van der Waals surface area contributed by atoms with Gasteiger partial charge in [0.2, 0.25) is 5.91 Å². The quantitative estimate of drug-likeness (QED) is 0.509. The summed E-state index contributed by atoms with van der Waals surface area (Å²) in [5.74, 6) is -0.0348. The molecule has 4 aromatic rings. The van der Waals surface area contributed by atoms with Crippen molar-refractivity contribution in [1.82, 2.24) is 14.8 Å². The van der Waals surface area contributed by atoms with Gasteiger partial charge in [-0.25, -0.2) is 9.67 Å². The van der Waals surface area contributed by atoms with Crippen LogP contribution in [0.1, 0.15) is 36.7 Å². The highest BCUT2D eigenvalue weighted by atomic mass is 32.1. The van der Waals surface area contributed by atoms with Crippen LogP contribution >= 0.6 is 11.3 Å². The lowest BCUT2D eigenvalue weighted by Gasteiger charge is -2.11. The van der Waals surface area contributed by atoms with Crippen molar-refractivity contribution in [3.8, 4) is 0 Å². The number of amides is 1. The topological polar surface area (TPSA) is 76.9 Å². The number of thiazole rings is 1. The van der Waals surface area contributed by atoms with E-state index in [4.69, 9.17) is 0 Å². The van der Waals surface area contributed by atoms with Gasteiger partial charge in [-0.3, -0.25) is 9.59 Å². The first-order chi connectivity index (χ1) is 14.5. The van der Waals surface area contributed by atoms with Crippen molar-refractivity contribution in [1.29, 1.82) is 0 Å². The minimum Gasteiger partial charge on any atom is -0.300 e. The maximum Gasteiger partial charge on any atom is 0.275 e. The second kappa shape index (κ2) is 8.59. The van der Waals surface area contributed by atoms with E-state index in [0.29, 0.717) is 16.9 Å². The van der Waals surface area contributed by atoms with Crippen LogP contribution in [0.25, 0.3) is 10.8 Å². The summed E-state index contributed by atoms with van der Waals surface area (Å²) in [4.78, 5) is 29.9. The molecule has 0 atom stereocenters. The Morgan fingerprint density at radius 1 is 1.07 bits per heavy atom. The Morgan fingerprint density at radius 2 is 1.77 bits per heavy atom. The Kier molecular flexibility index (Phi) is 5.72. The summed E-state index contributed by atoms with van der Waals surface area (Å²) in [6.45, 7) is 3.93. The number of nitrogens with one attached hydrogen (secondary N) is 1. The van der Waals surface area contributed by atoms with E-state index in [1.54, 1.807) is 6.07 Å². The number of hydrogen-bond donors (Lipinski definition) is 1. The van der Waals surface area contributed by atoms with Crippen molar-refractivity contribution in [3.05, 3.63) is 87.3 Å². The molecule has 0 spiro atoms. The van der Waals surface area contributed by atoms with E-state index < -0.39 is 0 Å². The molecule has 0 fully saturated rings. The van der Waals surface area contributed by atoms with Gasteiger partial charge in [0.25, 0.3) is 5.56 Å². The summed E-state index contributed by atoms with van der Waals surface area (Å²) >= 11 is 1.38. The molecule has 0 aliphatic rings. The van der Waals surface area contributed by atoms with Crippen molar-refractivity contribution in [2.45, 2.75) is 32.7 Å². The van der Waals surface area contributed by atoms with Crippen LogP contribution in [0.2, 0.25) is 0 Å². The molecular weight excluding hydrogens is 396 g/mol. The molecule has 0 unspecified atom stereocenters. The summed E-state index contributed by atoms with van der Waals surface area (Å²) in [6.07, 6.45) is 0.577. The zero-order valence-corrected chi connectivity index (χ0v) is 17.6. The molecule has 2 heterocycles. The number of carbonyl (C=O) groups is 1. The number of fused-ring (bicyclic) bond motifs is 1. The molecule has 0 bridgehead atoms. The molecule has 0 aliphatic heterocycles. The first-order valence-corrected chi connectivity index (χ1v) is 10.7. The second-order valence-corrected chi connectivity index (χ2v) is 8.26. The molecule has 0 radical (unpaired) electrons. The molecule has 1 amide bonds. The fourth-order valence-corrected chi connectivity index (χ4v) is 4.12. The van der Waals surface area contributed by atoms with Crippen molar-refractivity contribution in [3.63, 3.8) is 0 Å². The summed E-state index contributed by atoms with van der Waals surface area (Å²) in [6, 6.07) is 17.3. The Bertz CT molecular complexity index is 1250. The van der Waals surface area contributed by atoms with Gasteiger partial charge in [-0.05, 0) is 17.5 Å². The molecule has 30 heavy (non-hydrogen) atoms. The number of carbonyl (C=O) groups excluding carboxylic acids is 1. The van der Waals surface area contributed by atoms with Crippen molar-refractivity contribution >= 4 is 33.1 Å². The van der Waals surface area contributed by atoms with E-state index >= 15 is 0 Å². The average molecular weight is 419 g/mol. The highest BCUT2D eigenvalue weighted by Crippen LogP contribution is 2.21. The Labute approximate surface area is 178 Å². The molecule has 6 nitrogen and oxygen atoms in total. The molecule has 4 rings (SSSR count). The summed E-state index contributed by atoms with van der Waals surface area (Å²) < 4.78 is 1.24. The number of anilines is 1. The maximum absolute atomic E-state index is 12.9. The molecule has 0 saturated carbocycles. The van der Waals surface area contributed by atoms with E-state index in [9.17, 15) is 9.59 Å². The zero-order valence-electron chi connectivity index (χ0n) is 16.8. The van der Waals surface area contributed by atoms with Gasteiger partial charge in [0.05, 0.1) is 16.8 Å². The highest BCUT2D eigenvalue weighted by molar-refractivity contribution is 7.13. The predicted octanol–water partition coefficient (Wildman–Crippen LogP) is 4.21. The molecule has 2 aromatic carbocycles. The third-order valence-electron chi connectivity index (χ3n) is 4.81. The van der Waals surface area contributed by atoms with Crippen LogP contribution < -0.4 is 10.9 Å². The van der Waals surface area contributed by atoms with E-state index in [1.807, 2.05) is 67.8 Å². The van der Waals surface area contributed by atoms with Crippen LogP contribution in [-0.4, -0.2) is 20.7 Å². The number of hydrogen-bond acceptors (Lipinski definition) is 5. The lowest BCUT2D eigenvalue weighted by atomic mass is 10.0. The van der Waals surface area contributed by atoms with Crippen molar-refractivity contribution < 1.29 is 4.79 Å². The lowest BCUT2D eigenvalue weighted by molar-refractivity contribution is -0.117. The third-order valence-corrected chi connectivity index (χ3v) is 5.59. The number of nitrogens with zero attached hydrogens (tertiary/aromatic N) is 3. The monoisotopic (exact) mass is 418 g/mol. The van der Waals surface area contributed by atoms with Gasteiger partial charge in [-0.1, -0.05) is 62.4 Å². The van der Waals surface area contributed by atoms with E-state index in [2.05, 4.69) is 15.4 Å². The van der Waals surface area contributed by atoms with Gasteiger partial charge >= 0.3 is 0 Å². The van der Waals surface area contributed by atoms with Crippen molar-refractivity contribution in [2.75, 3.05) is 5.32 Å². The standard InChI is InChI=1S/C23H22N4O2S/c1-15(2)20-14-30-23(24-20)25-21(28)13-27-22(29)18-11-7-6-10-17(18)19(26-27)12-16-8-4-3-5-9-16/h3-11,14-15H,12-13H2,1-2H3,(H,24,25,28). The minimum absolute atomic E-state index is 0.165. The van der Waals surface area contributed by atoms with Gasteiger partial charge in [0.1, 0.15) is 6.54 Å². The van der Waals surface area contributed by atoms with Crippen LogP contribution in [0.3, 0.4) is 0 Å². The molecular formula is C23H22N4O2S. The predicted molar refractivity (Wildman–Crippen MR) is 120 cm³/mol. The maximum atomic E-state index is 12.9. The molecule has 1 N–H and O–H groups in total. The largest absolute Gasteiger partial charge is 0.300 e. The first-order valence-electron chi connectivity index (χ1n) is 9.79. The molecule has 152 valence electrons. The molecule has 0 aliphatic carbocycles. The first kappa shape index (κ1) is 20.0. The zero-order chi connectivity index (χ0) is 21.1. The summed E-state index contributed by atoms with van der Waals surface area (Å²) in [5.41, 5.74) is 2.51. The van der Waals surface area contributed by atoms with Crippen LogP contribution in [-0.2, 0) is 17.8 Å². The van der Waals surface area contributed by atoms with Crippen LogP contribution in [0.5, 0.6) is 0 Å². The highest BCUT2D eigenvalue weighted by Gasteiger charge is 2.15. The summed E-state index contributed by atoms with van der Waals surface area (Å²) in [7, 11) is 0. The van der Waals surface area contributed by atoms with Gasteiger partial charge in [-0.15, -0.1) is 11.3 Å². The Hall–Kier alpha value is -3.32. The second-order valence-electron chi connectivity index (χ2n) is 7.40.